The zero-order chi connectivity index (χ0) is 21.6. The highest BCUT2D eigenvalue weighted by molar-refractivity contribution is 9.09. The van der Waals surface area contributed by atoms with Crippen LogP contribution in [0.15, 0.2) is 60.7 Å². The Bertz CT molecular complexity index is 889. The molecular formula is C23H24BrNO5. The molecule has 30 heavy (non-hydrogen) atoms. The van der Waals surface area contributed by atoms with Crippen LogP contribution in [-0.2, 0) is 32.3 Å². The molecule has 7 heteroatoms. The lowest BCUT2D eigenvalue weighted by Gasteiger charge is -2.44. The number of alkyl halides is 1. The molecule has 2 aromatic carbocycles. The van der Waals surface area contributed by atoms with Crippen LogP contribution in [0.25, 0.3) is 0 Å². The number of benzene rings is 2. The number of ketones is 1. The molecule has 1 amide bonds. The zero-order valence-electron chi connectivity index (χ0n) is 16.8. The lowest BCUT2D eigenvalue weighted by atomic mass is 9.83. The molecule has 2 unspecified atom stereocenters. The summed E-state index contributed by atoms with van der Waals surface area (Å²) in [4.78, 5) is 39.9. The fourth-order valence-corrected chi connectivity index (χ4v) is 4.22. The van der Waals surface area contributed by atoms with Gasteiger partial charge in [-0.15, -0.1) is 0 Å². The normalized spacial score (nSPS) is 21.0. The van der Waals surface area contributed by atoms with Crippen molar-refractivity contribution in [1.82, 2.24) is 4.90 Å². The summed E-state index contributed by atoms with van der Waals surface area (Å²) in [6.07, 6.45) is 0.0304. The fraction of sp³-hybridized carbons (Fsp3) is 0.348. The summed E-state index contributed by atoms with van der Waals surface area (Å²) in [6.45, 7) is 1.60. The van der Waals surface area contributed by atoms with Gasteiger partial charge in [-0.1, -0.05) is 76.6 Å². The Morgan fingerprint density at radius 1 is 0.967 bits per heavy atom. The van der Waals surface area contributed by atoms with Crippen molar-refractivity contribution >= 4 is 33.8 Å². The molecule has 2 aromatic rings. The summed E-state index contributed by atoms with van der Waals surface area (Å²) in [5.74, 6) is -1.18. The van der Waals surface area contributed by atoms with Crippen LogP contribution in [0.1, 0.15) is 30.9 Å². The number of piperidine rings is 1. The second kappa shape index (κ2) is 9.89. The van der Waals surface area contributed by atoms with Crippen molar-refractivity contribution in [2.24, 2.45) is 0 Å². The number of carbonyl (C=O) groups is 3. The van der Waals surface area contributed by atoms with Crippen LogP contribution in [0.5, 0.6) is 0 Å². The maximum Gasteiger partial charge on any atom is 0.411 e. The largest absolute Gasteiger partial charge is 0.459 e. The zero-order valence-corrected chi connectivity index (χ0v) is 18.3. The van der Waals surface area contributed by atoms with Gasteiger partial charge in [0.2, 0.25) is 5.54 Å². The Labute approximate surface area is 184 Å². The van der Waals surface area contributed by atoms with Gasteiger partial charge in [-0.2, -0.15) is 0 Å². The molecule has 0 bridgehead atoms. The molecule has 0 N–H and O–H groups in total. The van der Waals surface area contributed by atoms with Crippen molar-refractivity contribution in [3.8, 4) is 0 Å². The maximum absolute atomic E-state index is 13.2. The Kier molecular flexibility index (Phi) is 7.26. The highest BCUT2D eigenvalue weighted by atomic mass is 79.9. The number of hydrogen-bond acceptors (Lipinski definition) is 5. The number of rotatable bonds is 6. The summed E-state index contributed by atoms with van der Waals surface area (Å²) >= 11 is 3.51. The number of likely N-dealkylation sites (tertiary alicyclic amines) is 1. The smallest absolute Gasteiger partial charge is 0.411 e. The average Bonchev–Trinajstić information content (AvgIpc) is 2.76. The van der Waals surface area contributed by atoms with E-state index in [-0.39, 0.29) is 31.0 Å². The first-order valence-corrected chi connectivity index (χ1v) is 10.7. The first kappa shape index (κ1) is 22.0. The van der Waals surface area contributed by atoms with Gasteiger partial charge in [-0.3, -0.25) is 9.69 Å². The van der Waals surface area contributed by atoms with Crippen molar-refractivity contribution in [1.29, 1.82) is 0 Å². The Balaban J connectivity index is 1.79. The van der Waals surface area contributed by atoms with Crippen molar-refractivity contribution in [3.63, 3.8) is 0 Å². The Morgan fingerprint density at radius 3 is 2.03 bits per heavy atom. The van der Waals surface area contributed by atoms with Gasteiger partial charge in [0.1, 0.15) is 13.2 Å². The van der Waals surface area contributed by atoms with Crippen molar-refractivity contribution in [2.75, 3.05) is 6.54 Å². The monoisotopic (exact) mass is 473 g/mol. The first-order chi connectivity index (χ1) is 14.4. The predicted octanol–water partition coefficient (Wildman–Crippen LogP) is 4.25. The van der Waals surface area contributed by atoms with Gasteiger partial charge >= 0.3 is 12.1 Å². The number of nitrogens with zero attached hydrogens (tertiary/aromatic N) is 1. The highest BCUT2D eigenvalue weighted by Gasteiger charge is 2.55. The number of carbonyl (C=O) groups excluding carboxylic acids is 3. The lowest BCUT2D eigenvalue weighted by molar-refractivity contribution is -0.165. The predicted molar refractivity (Wildman–Crippen MR) is 115 cm³/mol. The van der Waals surface area contributed by atoms with Crippen LogP contribution >= 0.6 is 15.9 Å². The van der Waals surface area contributed by atoms with Gasteiger partial charge in [0, 0.05) is 17.8 Å². The molecule has 1 heterocycles. The van der Waals surface area contributed by atoms with Crippen molar-refractivity contribution in [3.05, 3.63) is 71.8 Å². The minimum Gasteiger partial charge on any atom is -0.459 e. The van der Waals surface area contributed by atoms with Crippen LogP contribution in [-0.4, -0.2) is 39.7 Å². The average molecular weight is 474 g/mol. The first-order valence-electron chi connectivity index (χ1n) is 9.78. The van der Waals surface area contributed by atoms with E-state index in [0.717, 1.165) is 11.1 Å². The number of amides is 1. The Morgan fingerprint density at radius 2 is 1.50 bits per heavy atom. The molecule has 0 aromatic heterocycles. The van der Waals surface area contributed by atoms with Crippen LogP contribution in [0.4, 0.5) is 4.79 Å². The molecule has 1 saturated heterocycles. The van der Waals surface area contributed by atoms with E-state index in [1.165, 1.54) is 11.8 Å². The number of halogens is 1. The van der Waals surface area contributed by atoms with Crippen LogP contribution in [0.3, 0.4) is 0 Å². The number of ether oxygens (including phenoxy) is 2. The van der Waals surface area contributed by atoms with E-state index in [1.807, 2.05) is 60.7 Å². The molecule has 158 valence electrons. The van der Waals surface area contributed by atoms with E-state index < -0.39 is 23.4 Å². The number of Topliss-reactive ketones (excluding diaryl/α,β-unsaturated/α-hetero) is 1. The minimum atomic E-state index is -1.71. The fourth-order valence-electron chi connectivity index (χ4n) is 3.55. The standard InChI is InChI=1S/C23H24BrNO5/c1-17(26)23(21(27)29-15-18-8-4-2-5-9-18)14-20(24)12-13-25(23)22(28)30-16-19-10-6-3-7-11-19/h2-11,20H,12-16H2,1H3. The van der Waals surface area contributed by atoms with E-state index in [0.29, 0.717) is 6.42 Å². The third-order valence-electron chi connectivity index (χ3n) is 5.20. The molecule has 1 fully saturated rings. The van der Waals surface area contributed by atoms with Crippen LogP contribution in [0.2, 0.25) is 0 Å². The minimum absolute atomic E-state index is 0.0224. The molecule has 1 aliphatic rings. The summed E-state index contributed by atoms with van der Waals surface area (Å²) in [5.41, 5.74) is -0.0927. The lowest BCUT2D eigenvalue weighted by Crippen LogP contribution is -2.65. The molecule has 0 saturated carbocycles. The SMILES string of the molecule is CC(=O)C1(C(=O)OCc2ccccc2)CC(Br)CCN1C(=O)OCc1ccccc1. The van der Waals surface area contributed by atoms with Gasteiger partial charge < -0.3 is 9.47 Å². The van der Waals surface area contributed by atoms with E-state index in [2.05, 4.69) is 15.9 Å². The van der Waals surface area contributed by atoms with Crippen molar-refractivity contribution in [2.45, 2.75) is 43.3 Å². The molecule has 3 rings (SSSR count). The van der Waals surface area contributed by atoms with Gasteiger partial charge in [0.15, 0.2) is 5.78 Å². The molecule has 2 atom stereocenters. The molecule has 6 nitrogen and oxygen atoms in total. The van der Waals surface area contributed by atoms with Gasteiger partial charge in [0.05, 0.1) is 0 Å². The third kappa shape index (κ3) is 4.90. The molecule has 0 spiro atoms. The summed E-state index contributed by atoms with van der Waals surface area (Å²) < 4.78 is 10.9. The van der Waals surface area contributed by atoms with E-state index in [4.69, 9.17) is 9.47 Å². The van der Waals surface area contributed by atoms with Crippen molar-refractivity contribution < 1.29 is 23.9 Å². The topological polar surface area (TPSA) is 72.9 Å². The maximum atomic E-state index is 13.2. The van der Waals surface area contributed by atoms with E-state index >= 15 is 0 Å². The third-order valence-corrected chi connectivity index (χ3v) is 5.98. The van der Waals surface area contributed by atoms with Gasteiger partial charge in [-0.25, -0.2) is 9.59 Å². The van der Waals surface area contributed by atoms with E-state index in [9.17, 15) is 14.4 Å². The van der Waals surface area contributed by atoms with Gasteiger partial charge in [-0.05, 0) is 24.5 Å². The Hall–Kier alpha value is -2.67. The van der Waals surface area contributed by atoms with Crippen LogP contribution in [0, 0.1) is 0 Å². The van der Waals surface area contributed by atoms with Gasteiger partial charge in [0.25, 0.3) is 0 Å². The highest BCUT2D eigenvalue weighted by Crippen LogP contribution is 2.35. The van der Waals surface area contributed by atoms with E-state index in [1.54, 1.807) is 0 Å². The summed E-state index contributed by atoms with van der Waals surface area (Å²) in [7, 11) is 0. The van der Waals surface area contributed by atoms with Crippen LogP contribution < -0.4 is 0 Å². The molecule has 0 radical (unpaired) electrons. The quantitative estimate of drug-likeness (QED) is 0.356. The number of esters is 1. The number of hydrogen-bond donors (Lipinski definition) is 0. The summed E-state index contributed by atoms with van der Waals surface area (Å²) in [6, 6.07) is 18.4. The second-order valence-corrected chi connectivity index (χ2v) is 8.56. The summed E-state index contributed by atoms with van der Waals surface area (Å²) in [5, 5.41) is 0. The molecular weight excluding hydrogens is 450 g/mol. The molecule has 0 aliphatic carbocycles. The molecule has 1 aliphatic heterocycles. The second-order valence-electron chi connectivity index (χ2n) is 7.26.